The first-order valence-electron chi connectivity index (χ1n) is 6.96. The van der Waals surface area contributed by atoms with Crippen LogP contribution in [0.1, 0.15) is 11.1 Å². The maximum atomic E-state index is 6.36. The van der Waals surface area contributed by atoms with Crippen LogP contribution in [0.3, 0.4) is 0 Å². The predicted molar refractivity (Wildman–Crippen MR) is 90.1 cm³/mol. The van der Waals surface area contributed by atoms with Crippen LogP contribution in [0.25, 0.3) is 0 Å². The van der Waals surface area contributed by atoms with Crippen LogP contribution in [0.2, 0.25) is 5.02 Å². The lowest BCUT2D eigenvalue weighted by atomic mass is 10.0. The molecular weight excluding hydrogens is 305 g/mol. The number of ether oxygens (including phenoxy) is 1. The molecule has 4 heteroatoms. The summed E-state index contributed by atoms with van der Waals surface area (Å²) in [6, 6.07) is 13.8. The van der Waals surface area contributed by atoms with Gasteiger partial charge in [-0.15, -0.1) is 12.4 Å². The molecule has 0 radical (unpaired) electrons. The molecule has 0 saturated carbocycles. The highest BCUT2D eigenvalue weighted by atomic mass is 35.5. The van der Waals surface area contributed by atoms with E-state index in [-0.39, 0.29) is 12.4 Å². The monoisotopic (exact) mass is 323 g/mol. The van der Waals surface area contributed by atoms with Gasteiger partial charge in [-0.2, -0.15) is 0 Å². The molecule has 3 rings (SSSR count). The average Bonchev–Trinajstić information content (AvgIpc) is 2.66. The lowest BCUT2D eigenvalue weighted by Gasteiger charge is -2.14. The van der Waals surface area contributed by atoms with Crippen LogP contribution in [0.15, 0.2) is 42.5 Å². The van der Waals surface area contributed by atoms with E-state index in [1.54, 1.807) is 0 Å². The summed E-state index contributed by atoms with van der Waals surface area (Å²) in [5, 5.41) is 0.857. The largest absolute Gasteiger partial charge is 0.457 e. The van der Waals surface area contributed by atoms with E-state index in [0.717, 1.165) is 42.5 Å². The molecular formula is C17H19Cl2NO. The van der Waals surface area contributed by atoms with Crippen molar-refractivity contribution >= 4 is 24.0 Å². The SMILES string of the molecule is CN1CCc2c(Cl)ccc(Oc3ccccc3)c2CC1.Cl. The van der Waals surface area contributed by atoms with Gasteiger partial charge in [-0.1, -0.05) is 29.8 Å². The number of benzene rings is 2. The number of hydrogen-bond donors (Lipinski definition) is 0. The van der Waals surface area contributed by atoms with Crippen LogP contribution in [0, 0.1) is 0 Å². The standard InChI is InChI=1S/C17H18ClNO.ClH/c1-19-11-9-14-15(10-12-19)17(8-7-16(14)18)20-13-5-3-2-4-6-13;/h2-8H,9-12H2,1H3;1H. The summed E-state index contributed by atoms with van der Waals surface area (Å²) < 4.78 is 6.05. The number of fused-ring (bicyclic) bond motifs is 1. The van der Waals surface area contributed by atoms with E-state index < -0.39 is 0 Å². The van der Waals surface area contributed by atoms with E-state index in [0.29, 0.717) is 0 Å². The van der Waals surface area contributed by atoms with E-state index in [2.05, 4.69) is 11.9 Å². The van der Waals surface area contributed by atoms with E-state index in [9.17, 15) is 0 Å². The third-order valence-corrected chi connectivity index (χ3v) is 4.14. The minimum absolute atomic E-state index is 0. The number of hydrogen-bond acceptors (Lipinski definition) is 2. The summed E-state index contributed by atoms with van der Waals surface area (Å²) in [5.41, 5.74) is 2.50. The van der Waals surface area contributed by atoms with Gasteiger partial charge in [-0.25, -0.2) is 0 Å². The zero-order valence-electron chi connectivity index (χ0n) is 12.0. The third-order valence-electron chi connectivity index (χ3n) is 3.79. The highest BCUT2D eigenvalue weighted by Gasteiger charge is 2.18. The molecule has 0 unspecified atom stereocenters. The maximum Gasteiger partial charge on any atom is 0.131 e. The maximum absolute atomic E-state index is 6.36. The summed E-state index contributed by atoms with van der Waals surface area (Å²) in [6.07, 6.45) is 1.96. The van der Waals surface area contributed by atoms with Gasteiger partial charge in [-0.3, -0.25) is 0 Å². The van der Waals surface area contributed by atoms with Gasteiger partial charge in [0.2, 0.25) is 0 Å². The first-order valence-corrected chi connectivity index (χ1v) is 7.33. The van der Waals surface area contributed by atoms with Crippen molar-refractivity contribution in [2.24, 2.45) is 0 Å². The second kappa shape index (κ2) is 7.17. The Bertz CT molecular complexity index is 601. The van der Waals surface area contributed by atoms with Gasteiger partial charge in [0, 0.05) is 23.7 Å². The molecule has 0 amide bonds. The molecule has 1 aliphatic rings. The van der Waals surface area contributed by atoms with Gasteiger partial charge in [0.15, 0.2) is 0 Å². The molecule has 2 aromatic rings. The first-order chi connectivity index (χ1) is 9.74. The Morgan fingerprint density at radius 2 is 1.62 bits per heavy atom. The van der Waals surface area contributed by atoms with Crippen molar-refractivity contribution in [2.75, 3.05) is 20.1 Å². The van der Waals surface area contributed by atoms with Crippen molar-refractivity contribution in [1.82, 2.24) is 4.90 Å². The van der Waals surface area contributed by atoms with Gasteiger partial charge in [-0.05, 0) is 49.7 Å². The zero-order chi connectivity index (χ0) is 13.9. The van der Waals surface area contributed by atoms with Crippen LogP contribution in [-0.2, 0) is 12.8 Å². The fourth-order valence-corrected chi connectivity index (χ4v) is 2.89. The van der Waals surface area contributed by atoms with Crippen molar-refractivity contribution in [1.29, 1.82) is 0 Å². The van der Waals surface area contributed by atoms with Gasteiger partial charge in [0.1, 0.15) is 11.5 Å². The van der Waals surface area contributed by atoms with E-state index in [1.807, 2.05) is 42.5 Å². The van der Waals surface area contributed by atoms with Gasteiger partial charge < -0.3 is 9.64 Å². The number of rotatable bonds is 2. The fourth-order valence-electron chi connectivity index (χ4n) is 2.62. The molecule has 0 bridgehead atoms. The Morgan fingerprint density at radius 3 is 2.33 bits per heavy atom. The molecule has 0 spiro atoms. The van der Waals surface area contributed by atoms with Crippen LogP contribution in [0.4, 0.5) is 0 Å². The van der Waals surface area contributed by atoms with Crippen molar-refractivity contribution < 1.29 is 4.74 Å². The Morgan fingerprint density at radius 1 is 0.952 bits per heavy atom. The predicted octanol–water partition coefficient (Wildman–Crippen LogP) is 4.58. The second-order valence-electron chi connectivity index (χ2n) is 5.22. The molecule has 1 heterocycles. The average molecular weight is 324 g/mol. The summed E-state index contributed by atoms with van der Waals surface area (Å²) >= 11 is 6.36. The molecule has 1 aliphatic heterocycles. The summed E-state index contributed by atoms with van der Waals surface area (Å²) in [4.78, 5) is 2.34. The topological polar surface area (TPSA) is 12.5 Å². The van der Waals surface area contributed by atoms with E-state index in [1.165, 1.54) is 11.1 Å². The van der Waals surface area contributed by atoms with E-state index >= 15 is 0 Å². The number of halogens is 2. The summed E-state index contributed by atoms with van der Waals surface area (Å²) in [6.45, 7) is 2.08. The number of nitrogens with zero attached hydrogens (tertiary/aromatic N) is 1. The van der Waals surface area contributed by atoms with Crippen LogP contribution < -0.4 is 4.74 Å². The number of para-hydroxylation sites is 1. The van der Waals surface area contributed by atoms with Gasteiger partial charge in [0.05, 0.1) is 0 Å². The van der Waals surface area contributed by atoms with E-state index in [4.69, 9.17) is 16.3 Å². The van der Waals surface area contributed by atoms with Crippen molar-refractivity contribution in [3.63, 3.8) is 0 Å². The molecule has 0 aromatic heterocycles. The van der Waals surface area contributed by atoms with Gasteiger partial charge >= 0.3 is 0 Å². The lowest BCUT2D eigenvalue weighted by molar-refractivity contribution is 0.351. The highest BCUT2D eigenvalue weighted by Crippen LogP contribution is 2.34. The van der Waals surface area contributed by atoms with Crippen molar-refractivity contribution in [3.05, 3.63) is 58.6 Å². The van der Waals surface area contributed by atoms with Crippen molar-refractivity contribution in [3.8, 4) is 11.5 Å². The molecule has 0 fully saturated rings. The molecule has 0 aliphatic carbocycles. The minimum Gasteiger partial charge on any atom is -0.457 e. The molecule has 21 heavy (non-hydrogen) atoms. The molecule has 0 atom stereocenters. The summed E-state index contributed by atoms with van der Waals surface area (Å²) in [5.74, 6) is 1.81. The van der Waals surface area contributed by atoms with Crippen LogP contribution in [-0.4, -0.2) is 25.0 Å². The Hall–Kier alpha value is -1.22. The minimum atomic E-state index is 0. The normalized spacial score (nSPS) is 14.8. The molecule has 112 valence electrons. The van der Waals surface area contributed by atoms with Crippen LogP contribution in [0.5, 0.6) is 11.5 Å². The Labute approximate surface area is 137 Å². The quantitative estimate of drug-likeness (QED) is 0.801. The molecule has 2 nitrogen and oxygen atoms in total. The van der Waals surface area contributed by atoms with Crippen molar-refractivity contribution in [2.45, 2.75) is 12.8 Å². The Kier molecular flexibility index (Phi) is 5.51. The number of likely N-dealkylation sites (N-methyl/N-ethyl adjacent to an activating group) is 1. The summed E-state index contributed by atoms with van der Waals surface area (Å²) in [7, 11) is 2.15. The molecule has 0 saturated heterocycles. The molecule has 0 N–H and O–H groups in total. The third kappa shape index (κ3) is 3.70. The lowest BCUT2D eigenvalue weighted by Crippen LogP contribution is -2.20. The Balaban J connectivity index is 0.00000161. The first kappa shape index (κ1) is 16.2. The van der Waals surface area contributed by atoms with Crippen LogP contribution >= 0.6 is 24.0 Å². The fraction of sp³-hybridized carbons (Fsp3) is 0.294. The smallest absolute Gasteiger partial charge is 0.131 e. The highest BCUT2D eigenvalue weighted by molar-refractivity contribution is 6.31. The van der Waals surface area contributed by atoms with Gasteiger partial charge in [0.25, 0.3) is 0 Å². The zero-order valence-corrected chi connectivity index (χ0v) is 13.6. The second-order valence-corrected chi connectivity index (χ2v) is 5.63. The molecule has 2 aromatic carbocycles.